The molecule has 0 saturated carbocycles. The summed E-state index contributed by atoms with van der Waals surface area (Å²) in [5.74, 6) is -1.13. The molecule has 3 N–H and O–H groups in total. The van der Waals surface area contributed by atoms with Gasteiger partial charge in [0.1, 0.15) is 0 Å². The van der Waals surface area contributed by atoms with Gasteiger partial charge in [0, 0.05) is 20.8 Å². The van der Waals surface area contributed by atoms with Crippen LogP contribution < -0.4 is 10.6 Å². The van der Waals surface area contributed by atoms with Crippen molar-refractivity contribution in [3.05, 3.63) is 35.9 Å². The molecule has 2 atom stereocenters. The molecule has 2 amide bonds. The Morgan fingerprint density at radius 2 is 1.90 bits per heavy atom. The summed E-state index contributed by atoms with van der Waals surface area (Å²) in [7, 11) is 3.04. The van der Waals surface area contributed by atoms with Gasteiger partial charge in [-0.1, -0.05) is 30.3 Å². The largest absolute Gasteiger partial charge is 0.479 e. The summed E-state index contributed by atoms with van der Waals surface area (Å²) in [6.45, 7) is 0.551. The zero-order chi connectivity index (χ0) is 15.7. The molecule has 0 aromatic heterocycles. The monoisotopic (exact) mass is 296 g/mol. The fraction of sp³-hybridized carbons (Fsp3) is 0.429. The second-order valence-corrected chi connectivity index (χ2v) is 4.35. The number of hydrogen-bond donors (Lipinski definition) is 3. The van der Waals surface area contributed by atoms with Crippen molar-refractivity contribution < 1.29 is 24.2 Å². The number of benzene rings is 1. The first kappa shape index (κ1) is 16.9. The summed E-state index contributed by atoms with van der Waals surface area (Å²) in [6, 6.07) is 6.80. The van der Waals surface area contributed by atoms with E-state index >= 15 is 0 Å². The van der Waals surface area contributed by atoms with Gasteiger partial charge in [-0.05, 0) is 5.56 Å². The molecule has 0 bridgehead atoms. The van der Waals surface area contributed by atoms with Gasteiger partial charge in [0.15, 0.2) is 6.04 Å². The van der Waals surface area contributed by atoms with Gasteiger partial charge >= 0.3 is 12.0 Å². The van der Waals surface area contributed by atoms with Gasteiger partial charge in [-0.2, -0.15) is 0 Å². The molecular formula is C14H20N2O5. The molecule has 0 aliphatic heterocycles. The van der Waals surface area contributed by atoms with Gasteiger partial charge in [-0.3, -0.25) is 0 Å². The first-order valence-corrected chi connectivity index (χ1v) is 6.42. The maximum atomic E-state index is 11.8. The van der Waals surface area contributed by atoms with Crippen molar-refractivity contribution in [2.75, 3.05) is 27.4 Å². The first-order valence-electron chi connectivity index (χ1n) is 6.42. The standard InChI is InChI=1S/C14H20N2O5/c1-20-9-11(21-2)8-15-14(19)16-12(13(17)18)10-6-4-3-5-7-10/h3-7,11-12H,8-9H2,1-2H3,(H,17,18)(H2,15,16,19)/t11?,12-/m1/s1. The highest BCUT2D eigenvalue weighted by molar-refractivity contribution is 5.83. The minimum atomic E-state index is -1.13. The Balaban J connectivity index is 2.56. The van der Waals surface area contributed by atoms with Crippen molar-refractivity contribution in [2.24, 2.45) is 0 Å². The first-order chi connectivity index (χ1) is 10.1. The van der Waals surface area contributed by atoms with Crippen molar-refractivity contribution >= 4 is 12.0 Å². The van der Waals surface area contributed by atoms with Gasteiger partial charge in [0.05, 0.1) is 12.7 Å². The average Bonchev–Trinajstić information content (AvgIpc) is 2.49. The van der Waals surface area contributed by atoms with E-state index in [4.69, 9.17) is 9.47 Å². The molecule has 0 saturated heterocycles. The molecule has 1 unspecified atom stereocenters. The zero-order valence-electron chi connectivity index (χ0n) is 12.0. The van der Waals surface area contributed by atoms with Crippen molar-refractivity contribution in [3.8, 4) is 0 Å². The number of ether oxygens (including phenoxy) is 2. The molecule has 1 aromatic carbocycles. The van der Waals surface area contributed by atoms with Crippen LogP contribution in [0, 0.1) is 0 Å². The van der Waals surface area contributed by atoms with Crippen LogP contribution in [-0.2, 0) is 14.3 Å². The number of hydrogen-bond acceptors (Lipinski definition) is 4. The van der Waals surface area contributed by atoms with E-state index in [0.29, 0.717) is 12.2 Å². The van der Waals surface area contributed by atoms with Gasteiger partial charge in [-0.15, -0.1) is 0 Å². The number of carboxylic acid groups (broad SMARTS) is 1. The lowest BCUT2D eigenvalue weighted by atomic mass is 10.1. The maximum absolute atomic E-state index is 11.8. The van der Waals surface area contributed by atoms with E-state index in [-0.39, 0.29) is 12.6 Å². The third kappa shape index (κ3) is 5.80. The number of aliphatic carboxylic acids is 1. The number of urea groups is 1. The second-order valence-electron chi connectivity index (χ2n) is 4.35. The van der Waals surface area contributed by atoms with E-state index in [2.05, 4.69) is 10.6 Å². The fourth-order valence-electron chi connectivity index (χ4n) is 1.72. The molecule has 21 heavy (non-hydrogen) atoms. The smallest absolute Gasteiger partial charge is 0.330 e. The van der Waals surface area contributed by atoms with Gasteiger partial charge in [-0.25, -0.2) is 9.59 Å². The van der Waals surface area contributed by atoms with Crippen LogP contribution in [0.3, 0.4) is 0 Å². The number of carbonyl (C=O) groups excluding carboxylic acids is 1. The summed E-state index contributed by atoms with van der Waals surface area (Å²) < 4.78 is 10.0. The predicted octanol–water partition coefficient (Wildman–Crippen LogP) is 0.773. The highest BCUT2D eigenvalue weighted by Crippen LogP contribution is 2.12. The topological polar surface area (TPSA) is 96.9 Å². The van der Waals surface area contributed by atoms with Crippen LogP contribution in [0.5, 0.6) is 0 Å². The summed E-state index contributed by atoms with van der Waals surface area (Å²) in [6.07, 6.45) is -0.291. The number of nitrogens with one attached hydrogen (secondary N) is 2. The molecule has 1 rings (SSSR count). The lowest BCUT2D eigenvalue weighted by Crippen LogP contribution is -2.44. The van der Waals surface area contributed by atoms with E-state index < -0.39 is 18.0 Å². The van der Waals surface area contributed by atoms with Crippen LogP contribution in [0.15, 0.2) is 30.3 Å². The number of amides is 2. The Morgan fingerprint density at radius 3 is 2.43 bits per heavy atom. The fourth-order valence-corrected chi connectivity index (χ4v) is 1.72. The molecule has 0 spiro atoms. The normalized spacial score (nSPS) is 13.2. The number of carbonyl (C=O) groups is 2. The highest BCUT2D eigenvalue weighted by Gasteiger charge is 2.22. The molecule has 7 nitrogen and oxygen atoms in total. The Bertz CT molecular complexity index is 452. The summed E-state index contributed by atoms with van der Waals surface area (Å²) in [5, 5.41) is 14.2. The van der Waals surface area contributed by atoms with Crippen LogP contribution >= 0.6 is 0 Å². The Hall–Kier alpha value is -2.12. The number of rotatable bonds is 8. The Labute approximate surface area is 123 Å². The predicted molar refractivity (Wildman–Crippen MR) is 76.0 cm³/mol. The Morgan fingerprint density at radius 1 is 1.24 bits per heavy atom. The molecule has 0 fully saturated rings. The molecule has 0 radical (unpaired) electrons. The molecule has 0 aliphatic carbocycles. The van der Waals surface area contributed by atoms with Crippen molar-refractivity contribution in [1.82, 2.24) is 10.6 Å². The van der Waals surface area contributed by atoms with E-state index in [0.717, 1.165) is 0 Å². The van der Waals surface area contributed by atoms with E-state index in [9.17, 15) is 14.7 Å². The van der Waals surface area contributed by atoms with Crippen molar-refractivity contribution in [3.63, 3.8) is 0 Å². The Kier molecular flexibility index (Phi) is 7.20. The van der Waals surface area contributed by atoms with Crippen LogP contribution in [-0.4, -0.2) is 50.6 Å². The summed E-state index contributed by atoms with van der Waals surface area (Å²) >= 11 is 0. The quantitative estimate of drug-likeness (QED) is 0.658. The van der Waals surface area contributed by atoms with Gasteiger partial charge < -0.3 is 25.2 Å². The maximum Gasteiger partial charge on any atom is 0.330 e. The van der Waals surface area contributed by atoms with Crippen molar-refractivity contribution in [1.29, 1.82) is 0 Å². The highest BCUT2D eigenvalue weighted by atomic mass is 16.5. The lowest BCUT2D eigenvalue weighted by molar-refractivity contribution is -0.139. The third-order valence-electron chi connectivity index (χ3n) is 2.83. The van der Waals surface area contributed by atoms with Crippen LogP contribution in [0.2, 0.25) is 0 Å². The average molecular weight is 296 g/mol. The molecule has 116 valence electrons. The van der Waals surface area contributed by atoms with Crippen LogP contribution in [0.4, 0.5) is 4.79 Å². The van der Waals surface area contributed by atoms with E-state index in [1.165, 1.54) is 14.2 Å². The van der Waals surface area contributed by atoms with E-state index in [1.807, 2.05) is 0 Å². The van der Waals surface area contributed by atoms with E-state index in [1.54, 1.807) is 30.3 Å². The minimum Gasteiger partial charge on any atom is -0.479 e. The molecule has 7 heteroatoms. The van der Waals surface area contributed by atoms with Gasteiger partial charge in [0.25, 0.3) is 0 Å². The SMILES string of the molecule is COCC(CNC(=O)N[C@@H](C(=O)O)c1ccccc1)OC. The third-order valence-corrected chi connectivity index (χ3v) is 2.83. The molecule has 0 aliphatic rings. The number of carboxylic acids is 1. The van der Waals surface area contributed by atoms with Crippen molar-refractivity contribution in [2.45, 2.75) is 12.1 Å². The summed E-state index contributed by atoms with van der Waals surface area (Å²) in [5.41, 5.74) is 0.500. The zero-order valence-corrected chi connectivity index (χ0v) is 12.0. The lowest BCUT2D eigenvalue weighted by Gasteiger charge is -2.18. The minimum absolute atomic E-state index is 0.220. The molecule has 0 heterocycles. The van der Waals surface area contributed by atoms with Crippen LogP contribution in [0.1, 0.15) is 11.6 Å². The van der Waals surface area contributed by atoms with Gasteiger partial charge in [0.2, 0.25) is 0 Å². The van der Waals surface area contributed by atoms with Crippen LogP contribution in [0.25, 0.3) is 0 Å². The molecule has 1 aromatic rings. The summed E-state index contributed by atoms with van der Waals surface area (Å²) in [4.78, 5) is 23.0. The number of methoxy groups -OCH3 is 2. The second kappa shape index (κ2) is 8.93. The molecular weight excluding hydrogens is 276 g/mol.